The number of hydrogen-bond donors (Lipinski definition) is 1. The highest BCUT2D eigenvalue weighted by Crippen LogP contribution is 2.12. The third-order valence-electron chi connectivity index (χ3n) is 1.27. The molecular weight excluding hydrogens is 128 g/mol. The minimum absolute atomic E-state index is 0.339. The fourth-order valence-corrected chi connectivity index (χ4v) is 0.750. The van der Waals surface area contributed by atoms with E-state index in [1.165, 1.54) is 0 Å². The summed E-state index contributed by atoms with van der Waals surface area (Å²) in [5.41, 5.74) is 1.22. The quantitative estimate of drug-likeness (QED) is 0.356. The third kappa shape index (κ3) is 1.13. The monoisotopic (exact) mass is 136 g/mol. The molecular formula is C7H8N2O+. The van der Waals surface area contributed by atoms with E-state index in [2.05, 4.69) is 6.07 Å². The first-order chi connectivity index (χ1) is 4.72. The Hall–Kier alpha value is -1.38. The van der Waals surface area contributed by atoms with Gasteiger partial charge in [0.2, 0.25) is 0 Å². The summed E-state index contributed by atoms with van der Waals surface area (Å²) in [6, 6.07) is 7.97. The van der Waals surface area contributed by atoms with Gasteiger partial charge in [-0.3, -0.25) is 0 Å². The lowest BCUT2D eigenvalue weighted by atomic mass is 10.2. The smallest absolute Gasteiger partial charge is 0.159 e. The van der Waals surface area contributed by atoms with Crippen LogP contribution < -0.4 is 5.84 Å². The lowest BCUT2D eigenvalue weighted by Gasteiger charge is -1.88. The van der Waals surface area contributed by atoms with E-state index < -0.39 is 0 Å². The second-order valence-electron chi connectivity index (χ2n) is 2.01. The van der Waals surface area contributed by atoms with Gasteiger partial charge >= 0.3 is 0 Å². The zero-order chi connectivity index (χ0) is 7.56. The van der Waals surface area contributed by atoms with Crippen LogP contribution in [-0.2, 0) is 0 Å². The van der Waals surface area contributed by atoms with Crippen molar-refractivity contribution in [2.24, 2.45) is 5.84 Å². The van der Waals surface area contributed by atoms with Crippen molar-refractivity contribution in [3.8, 4) is 0 Å². The van der Waals surface area contributed by atoms with Gasteiger partial charge in [-0.2, -0.15) is 5.84 Å². The Morgan fingerprint density at radius 3 is 2.80 bits per heavy atom. The Labute approximate surface area is 59.0 Å². The molecule has 3 nitrogen and oxygen atoms in total. The molecule has 1 aromatic carbocycles. The molecule has 0 saturated carbocycles. The van der Waals surface area contributed by atoms with Crippen LogP contribution in [0.25, 0.3) is 0 Å². The number of rotatable bonds is 1. The van der Waals surface area contributed by atoms with Gasteiger partial charge in [-0.25, -0.2) is 0 Å². The van der Waals surface area contributed by atoms with Crippen molar-refractivity contribution in [3.63, 3.8) is 0 Å². The number of hydrogen-bond acceptors (Lipinski definition) is 1. The topological polar surface area (TPSA) is 46.1 Å². The number of benzene rings is 1. The Kier molecular flexibility index (Phi) is 1.67. The van der Waals surface area contributed by atoms with Crippen LogP contribution >= 0.6 is 0 Å². The van der Waals surface area contributed by atoms with Crippen LogP contribution in [0.2, 0.25) is 0 Å². The second-order valence-corrected chi connectivity index (χ2v) is 2.01. The summed E-state index contributed by atoms with van der Waals surface area (Å²) >= 11 is 0. The molecule has 0 aliphatic heterocycles. The Bertz CT molecular complexity index is 258. The van der Waals surface area contributed by atoms with Crippen molar-refractivity contribution in [1.82, 2.24) is 0 Å². The van der Waals surface area contributed by atoms with Crippen LogP contribution in [-0.4, -0.2) is 4.87 Å². The van der Waals surface area contributed by atoms with E-state index in [1.54, 1.807) is 25.1 Å². The van der Waals surface area contributed by atoms with Crippen LogP contribution in [0.15, 0.2) is 18.2 Å². The Balaban J connectivity index is 3.15. The van der Waals surface area contributed by atoms with Crippen LogP contribution in [0.5, 0.6) is 0 Å². The van der Waals surface area contributed by atoms with Gasteiger partial charge in [-0.1, -0.05) is 12.1 Å². The highest BCUT2D eigenvalue weighted by atomic mass is 16.3. The highest BCUT2D eigenvalue weighted by molar-refractivity contribution is 5.36. The SMILES string of the molecule is Cc1[c]cccc1[N+](N)=O. The van der Waals surface area contributed by atoms with Crippen molar-refractivity contribution in [1.29, 1.82) is 0 Å². The molecule has 0 saturated heterocycles. The summed E-state index contributed by atoms with van der Waals surface area (Å²) in [7, 11) is 0. The van der Waals surface area contributed by atoms with E-state index in [-0.39, 0.29) is 0 Å². The molecule has 0 unspecified atom stereocenters. The maximum Gasteiger partial charge on any atom is 0.295 e. The first-order valence-electron chi connectivity index (χ1n) is 2.91. The Morgan fingerprint density at radius 1 is 1.70 bits per heavy atom. The van der Waals surface area contributed by atoms with Crippen LogP contribution in [0.1, 0.15) is 5.56 Å². The van der Waals surface area contributed by atoms with Crippen molar-refractivity contribution < 1.29 is 4.87 Å². The maximum absolute atomic E-state index is 10.5. The molecule has 51 valence electrons. The molecule has 3 heteroatoms. The van der Waals surface area contributed by atoms with Crippen LogP contribution in [0.3, 0.4) is 0 Å². The van der Waals surface area contributed by atoms with E-state index in [1.807, 2.05) is 0 Å². The molecule has 1 aromatic rings. The first kappa shape index (κ1) is 6.74. The van der Waals surface area contributed by atoms with Gasteiger partial charge in [0, 0.05) is 11.6 Å². The fourth-order valence-electron chi connectivity index (χ4n) is 0.750. The lowest BCUT2D eigenvalue weighted by Crippen LogP contribution is -2.09. The van der Waals surface area contributed by atoms with Crippen molar-refractivity contribution in [2.75, 3.05) is 0 Å². The molecule has 1 radical (unpaired) electrons. The summed E-state index contributed by atoms with van der Waals surface area (Å²) < 4.78 is 0. The van der Waals surface area contributed by atoms with E-state index >= 15 is 0 Å². The average molecular weight is 136 g/mol. The van der Waals surface area contributed by atoms with Gasteiger partial charge in [-0.15, -0.1) is 0 Å². The zero-order valence-corrected chi connectivity index (χ0v) is 5.66. The molecule has 0 aromatic heterocycles. The number of aryl methyl sites for hydroxylation is 1. The number of hydrazine groups is 1. The molecule has 1 rings (SSSR count). The Morgan fingerprint density at radius 2 is 2.40 bits per heavy atom. The molecule has 0 aliphatic carbocycles. The van der Waals surface area contributed by atoms with Gasteiger partial charge in [0.05, 0.1) is 4.91 Å². The fraction of sp³-hybridized carbons (Fsp3) is 0.143. The van der Waals surface area contributed by atoms with E-state index in [4.69, 9.17) is 5.84 Å². The lowest BCUT2D eigenvalue weighted by molar-refractivity contribution is -0.475. The van der Waals surface area contributed by atoms with Crippen molar-refractivity contribution >= 4 is 5.69 Å². The third-order valence-corrected chi connectivity index (χ3v) is 1.27. The summed E-state index contributed by atoms with van der Waals surface area (Å²) in [5, 5.41) is 0. The number of nitrogens with two attached hydrogens (primary N) is 1. The minimum Gasteiger partial charge on any atom is -0.159 e. The predicted octanol–water partition coefficient (Wildman–Crippen LogP) is 1.08. The molecule has 0 atom stereocenters. The first-order valence-corrected chi connectivity index (χ1v) is 2.91. The van der Waals surface area contributed by atoms with Crippen LogP contribution in [0.4, 0.5) is 5.69 Å². The van der Waals surface area contributed by atoms with Crippen LogP contribution in [0, 0.1) is 17.9 Å². The standard InChI is InChI=1S/C7H8N2O/c1-6-4-2-3-5-7(6)9(8)10/h2-3,5H,1H3,(H2,8,10)/q+1. The normalized spacial score (nSPS) is 9.30. The van der Waals surface area contributed by atoms with E-state index in [9.17, 15) is 4.91 Å². The van der Waals surface area contributed by atoms with Crippen molar-refractivity contribution in [3.05, 3.63) is 34.7 Å². The number of nitrogens with zero attached hydrogens (tertiary/aromatic N) is 1. The van der Waals surface area contributed by atoms with Gasteiger partial charge in [0.15, 0.2) is 4.87 Å². The van der Waals surface area contributed by atoms with E-state index in [0.29, 0.717) is 10.6 Å². The largest absolute Gasteiger partial charge is 0.295 e. The summed E-state index contributed by atoms with van der Waals surface area (Å²) in [6.45, 7) is 1.78. The summed E-state index contributed by atoms with van der Waals surface area (Å²) in [6.07, 6.45) is 0. The molecule has 0 spiro atoms. The summed E-state index contributed by atoms with van der Waals surface area (Å²) in [4.78, 5) is 10.9. The molecule has 0 fully saturated rings. The molecule has 0 heterocycles. The highest BCUT2D eigenvalue weighted by Gasteiger charge is 2.10. The molecule has 10 heavy (non-hydrogen) atoms. The van der Waals surface area contributed by atoms with Gasteiger partial charge in [0.1, 0.15) is 0 Å². The van der Waals surface area contributed by atoms with E-state index in [0.717, 1.165) is 5.56 Å². The predicted molar refractivity (Wildman–Crippen MR) is 37.5 cm³/mol. The molecule has 0 bridgehead atoms. The van der Waals surface area contributed by atoms with Gasteiger partial charge in [-0.05, 0) is 13.0 Å². The molecule has 0 aliphatic rings. The zero-order valence-electron chi connectivity index (χ0n) is 5.66. The minimum atomic E-state index is 0.339. The maximum atomic E-state index is 10.5. The summed E-state index contributed by atoms with van der Waals surface area (Å²) in [5.74, 6) is 4.97. The van der Waals surface area contributed by atoms with Gasteiger partial charge in [0.25, 0.3) is 5.69 Å². The van der Waals surface area contributed by atoms with Gasteiger partial charge < -0.3 is 0 Å². The second kappa shape index (κ2) is 2.47. The number of nitroso groups, excluding NO2 is 1. The average Bonchev–Trinajstić information content (AvgIpc) is 1.88. The molecule has 2 N–H and O–H groups in total. The van der Waals surface area contributed by atoms with Crippen molar-refractivity contribution in [2.45, 2.75) is 6.92 Å². The molecule has 0 amide bonds.